The molecule has 3 heterocycles. The van der Waals surface area contributed by atoms with Crippen LogP contribution in [0.4, 0.5) is 14.7 Å². The van der Waals surface area contributed by atoms with E-state index in [1.54, 1.807) is 39.0 Å². The summed E-state index contributed by atoms with van der Waals surface area (Å²) in [6, 6.07) is 22.3. The van der Waals surface area contributed by atoms with Crippen molar-refractivity contribution < 1.29 is 33.4 Å². The van der Waals surface area contributed by atoms with E-state index >= 15 is 0 Å². The third-order valence-electron chi connectivity index (χ3n) is 8.94. The van der Waals surface area contributed by atoms with E-state index in [-0.39, 0.29) is 11.4 Å². The van der Waals surface area contributed by atoms with Crippen LogP contribution in [0.2, 0.25) is 0 Å². The maximum atomic E-state index is 14.2. The average Bonchev–Trinajstić information content (AvgIpc) is 3.89. The van der Waals surface area contributed by atoms with E-state index in [0.717, 1.165) is 24.0 Å². The Morgan fingerprint density at radius 2 is 1.67 bits per heavy atom. The number of amides is 3. The predicted molar refractivity (Wildman–Crippen MR) is 205 cm³/mol. The first kappa shape index (κ1) is 37.0. The quantitative estimate of drug-likeness (QED) is 0.0838. The Hall–Kier alpha value is -5.38. The number of thiazole rings is 1. The SMILES string of the molecule is CC(C)(C)OC(=O)NC(N)(C(=O)NC1C(=O)N2C(OC(=O)OC(c3ccccc3)c3ccccc3)=C(/C=C\C3CC3)CS[C@@H]12)c1ccc2nc(N)sc2c1. The number of nitrogens with one attached hydrogen (secondary N) is 2. The molecule has 3 amide bonds. The van der Waals surface area contributed by atoms with Crippen molar-refractivity contribution in [3.63, 3.8) is 0 Å². The molecule has 0 spiro atoms. The minimum Gasteiger partial charge on any atom is -0.444 e. The van der Waals surface area contributed by atoms with Crippen LogP contribution in [0, 0.1) is 5.92 Å². The molecule has 1 aromatic heterocycles. The van der Waals surface area contributed by atoms with E-state index in [1.807, 2.05) is 72.8 Å². The molecule has 2 aliphatic heterocycles. The molecule has 280 valence electrons. The molecule has 15 heteroatoms. The summed E-state index contributed by atoms with van der Waals surface area (Å²) >= 11 is 2.59. The van der Waals surface area contributed by atoms with Crippen molar-refractivity contribution in [3.8, 4) is 0 Å². The third kappa shape index (κ3) is 7.93. The Kier molecular flexibility index (Phi) is 10.1. The van der Waals surface area contributed by atoms with Gasteiger partial charge in [0.05, 0.1) is 10.2 Å². The van der Waals surface area contributed by atoms with Gasteiger partial charge in [0.25, 0.3) is 11.8 Å². The number of β-lactam (4-membered cyclic amide) rings is 1. The molecule has 1 aliphatic carbocycles. The lowest BCUT2D eigenvalue weighted by Gasteiger charge is -2.49. The Labute approximate surface area is 320 Å². The number of hydrogen-bond acceptors (Lipinski definition) is 12. The fourth-order valence-corrected chi connectivity index (χ4v) is 8.17. The standard InChI is InChI=1S/C39H40N6O7S2/c1-38(2,3)52-36(48)44-39(41,26-18-19-27-28(20-26)54-35(40)42-27)34(47)43-29-31(46)45-32(25(21-53-33(29)45)17-16-22-14-15-22)51-37(49)50-30(23-10-6-4-7-11-23)24-12-8-5-9-13-24/h4-13,16-20,22,29-30,33H,14-15,21,41H2,1-3H3,(H2,40,42)(H,43,47)(H,44,48)/b17-16-/t29?,33-,39?/m0/s1. The van der Waals surface area contributed by atoms with Crippen molar-refractivity contribution in [2.24, 2.45) is 11.7 Å². The zero-order chi connectivity index (χ0) is 38.2. The van der Waals surface area contributed by atoms with Crippen molar-refractivity contribution in [3.05, 3.63) is 119 Å². The predicted octanol–water partition coefficient (Wildman–Crippen LogP) is 6.04. The molecular weight excluding hydrogens is 729 g/mol. The summed E-state index contributed by atoms with van der Waals surface area (Å²) in [7, 11) is 0. The van der Waals surface area contributed by atoms with Gasteiger partial charge in [-0.1, -0.05) is 90.2 Å². The van der Waals surface area contributed by atoms with Gasteiger partial charge in [0.15, 0.2) is 16.9 Å². The summed E-state index contributed by atoms with van der Waals surface area (Å²) in [4.78, 5) is 60.4. The monoisotopic (exact) mass is 768 g/mol. The van der Waals surface area contributed by atoms with E-state index in [2.05, 4.69) is 15.6 Å². The zero-order valence-electron chi connectivity index (χ0n) is 29.8. The molecule has 3 atom stereocenters. The maximum Gasteiger partial charge on any atom is 0.516 e. The second-order valence-electron chi connectivity index (χ2n) is 14.2. The molecule has 1 saturated carbocycles. The number of fused-ring (bicyclic) bond motifs is 2. The number of alkyl carbamates (subject to hydrolysis) is 1. The van der Waals surface area contributed by atoms with Crippen molar-refractivity contribution in [2.45, 2.75) is 62.4 Å². The second kappa shape index (κ2) is 14.8. The molecule has 3 aromatic carbocycles. The van der Waals surface area contributed by atoms with Crippen LogP contribution in [0.5, 0.6) is 0 Å². The number of rotatable bonds is 10. The fourth-order valence-electron chi connectivity index (χ4n) is 6.10. The first-order chi connectivity index (χ1) is 25.8. The van der Waals surface area contributed by atoms with Gasteiger partial charge < -0.3 is 25.3 Å². The van der Waals surface area contributed by atoms with Gasteiger partial charge in [0.1, 0.15) is 17.0 Å². The molecule has 0 radical (unpaired) electrons. The summed E-state index contributed by atoms with van der Waals surface area (Å²) in [5, 5.41) is 4.94. The van der Waals surface area contributed by atoms with E-state index in [0.29, 0.717) is 32.6 Å². The first-order valence-electron chi connectivity index (χ1n) is 17.4. The first-order valence-corrected chi connectivity index (χ1v) is 19.3. The van der Waals surface area contributed by atoms with Gasteiger partial charge in [-0.25, -0.2) is 14.6 Å². The van der Waals surface area contributed by atoms with Gasteiger partial charge in [-0.15, -0.1) is 11.8 Å². The van der Waals surface area contributed by atoms with Crippen LogP contribution in [0.15, 0.2) is 102 Å². The van der Waals surface area contributed by atoms with Crippen molar-refractivity contribution in [2.75, 3.05) is 11.5 Å². The van der Waals surface area contributed by atoms with Gasteiger partial charge in [-0.3, -0.25) is 25.5 Å². The van der Waals surface area contributed by atoms with Gasteiger partial charge in [-0.05, 0) is 62.8 Å². The Morgan fingerprint density at radius 1 is 1.00 bits per heavy atom. The highest BCUT2D eigenvalue weighted by Crippen LogP contribution is 2.42. The number of carbonyl (C=O) groups excluding carboxylic acids is 4. The number of anilines is 1. The third-order valence-corrected chi connectivity index (χ3v) is 11.1. The number of carbonyl (C=O) groups is 4. The van der Waals surface area contributed by atoms with Crippen LogP contribution in [0.3, 0.4) is 0 Å². The van der Waals surface area contributed by atoms with Crippen LogP contribution in [-0.2, 0) is 29.5 Å². The van der Waals surface area contributed by atoms with E-state index in [4.69, 9.17) is 25.7 Å². The number of nitrogens with two attached hydrogens (primary N) is 2. The maximum absolute atomic E-state index is 14.2. The summed E-state index contributed by atoms with van der Waals surface area (Å²) < 4.78 is 17.9. The largest absolute Gasteiger partial charge is 0.516 e. The van der Waals surface area contributed by atoms with Gasteiger partial charge >= 0.3 is 12.2 Å². The fraction of sp³-hybridized carbons (Fsp3) is 0.308. The normalized spacial score (nSPS) is 19.6. The molecule has 2 fully saturated rings. The lowest BCUT2D eigenvalue weighted by atomic mass is 9.97. The highest BCUT2D eigenvalue weighted by molar-refractivity contribution is 8.00. The van der Waals surface area contributed by atoms with Crippen LogP contribution in [-0.4, -0.2) is 56.7 Å². The molecule has 13 nitrogen and oxygen atoms in total. The number of aromatic nitrogens is 1. The molecule has 4 aromatic rings. The summed E-state index contributed by atoms with van der Waals surface area (Å²) in [6.45, 7) is 5.04. The Balaban J connectivity index is 1.13. The van der Waals surface area contributed by atoms with E-state index < -0.39 is 52.8 Å². The van der Waals surface area contributed by atoms with Gasteiger partial charge in [-0.2, -0.15) is 0 Å². The van der Waals surface area contributed by atoms with Crippen molar-refractivity contribution in [1.29, 1.82) is 0 Å². The Morgan fingerprint density at radius 3 is 2.30 bits per heavy atom. The molecule has 3 aliphatic rings. The molecule has 6 N–H and O–H groups in total. The second-order valence-corrected chi connectivity index (χ2v) is 16.4. The summed E-state index contributed by atoms with van der Waals surface area (Å²) in [5.74, 6) is -0.559. The number of hydrogen-bond donors (Lipinski definition) is 4. The van der Waals surface area contributed by atoms with E-state index in [1.165, 1.54) is 28.0 Å². The average molecular weight is 769 g/mol. The minimum absolute atomic E-state index is 0.0372. The van der Waals surface area contributed by atoms with Crippen LogP contribution in [0.25, 0.3) is 10.2 Å². The Bertz CT molecular complexity index is 2110. The topological polar surface area (TPSA) is 188 Å². The lowest BCUT2D eigenvalue weighted by Crippen LogP contribution is -2.73. The zero-order valence-corrected chi connectivity index (χ0v) is 31.4. The van der Waals surface area contributed by atoms with Crippen molar-refractivity contribution in [1.82, 2.24) is 20.5 Å². The van der Waals surface area contributed by atoms with Crippen LogP contribution < -0.4 is 22.1 Å². The van der Waals surface area contributed by atoms with Gasteiger partial charge in [0, 0.05) is 16.9 Å². The van der Waals surface area contributed by atoms with Gasteiger partial charge in [0.2, 0.25) is 5.88 Å². The molecule has 2 unspecified atom stereocenters. The number of allylic oxidation sites excluding steroid dienone is 2. The minimum atomic E-state index is -2.17. The molecule has 7 rings (SSSR count). The highest BCUT2D eigenvalue weighted by Gasteiger charge is 2.55. The molecule has 1 saturated heterocycles. The smallest absolute Gasteiger partial charge is 0.444 e. The number of thioether (sulfide) groups is 1. The van der Waals surface area contributed by atoms with E-state index in [9.17, 15) is 19.2 Å². The van der Waals surface area contributed by atoms with Crippen LogP contribution in [0.1, 0.15) is 56.4 Å². The summed E-state index contributed by atoms with van der Waals surface area (Å²) in [5.41, 5.74) is 12.5. The number of nitrogens with zero attached hydrogens (tertiary/aromatic N) is 2. The number of benzene rings is 3. The lowest BCUT2D eigenvalue weighted by molar-refractivity contribution is -0.150. The molecule has 0 bridgehead atoms. The number of ether oxygens (including phenoxy) is 3. The molecule has 54 heavy (non-hydrogen) atoms. The van der Waals surface area contributed by atoms with Crippen molar-refractivity contribution >= 4 is 62.5 Å². The molecular formula is C39H40N6O7S2. The number of nitrogen functional groups attached to an aromatic ring is 1. The summed E-state index contributed by atoms with van der Waals surface area (Å²) in [6.07, 6.45) is 3.35. The van der Waals surface area contributed by atoms with Crippen LogP contribution >= 0.6 is 23.1 Å². The highest BCUT2D eigenvalue weighted by atomic mass is 32.2.